The SMILES string of the molecule is O=C1CCc2cc(S(=O)(=O)NCCN3CCCCC3)ccc2N1. The molecule has 0 aromatic heterocycles. The fraction of sp³-hybridized carbons (Fsp3) is 0.562. The molecule has 2 aliphatic heterocycles. The van der Waals surface area contributed by atoms with Crippen molar-refractivity contribution in [1.29, 1.82) is 0 Å². The fourth-order valence-electron chi connectivity index (χ4n) is 3.13. The maximum absolute atomic E-state index is 12.4. The van der Waals surface area contributed by atoms with Gasteiger partial charge in [0, 0.05) is 25.2 Å². The van der Waals surface area contributed by atoms with E-state index in [0.717, 1.165) is 25.2 Å². The molecule has 0 radical (unpaired) electrons. The zero-order valence-electron chi connectivity index (χ0n) is 13.2. The third-order valence-corrected chi connectivity index (χ3v) is 5.91. The Morgan fingerprint density at radius 3 is 2.70 bits per heavy atom. The number of fused-ring (bicyclic) bond motifs is 1. The molecule has 2 aliphatic rings. The van der Waals surface area contributed by atoms with E-state index in [0.29, 0.717) is 25.1 Å². The van der Waals surface area contributed by atoms with Gasteiger partial charge in [-0.1, -0.05) is 6.42 Å². The Balaban J connectivity index is 1.61. The zero-order valence-corrected chi connectivity index (χ0v) is 14.0. The van der Waals surface area contributed by atoms with Crippen LogP contribution in [0.3, 0.4) is 0 Å². The van der Waals surface area contributed by atoms with Crippen LogP contribution in [0.4, 0.5) is 5.69 Å². The average molecular weight is 337 g/mol. The first kappa shape index (κ1) is 16.4. The second-order valence-corrected chi connectivity index (χ2v) is 7.93. The summed E-state index contributed by atoms with van der Waals surface area (Å²) in [5.41, 5.74) is 1.59. The minimum Gasteiger partial charge on any atom is -0.326 e. The van der Waals surface area contributed by atoms with Crippen LogP contribution in [0.5, 0.6) is 0 Å². The molecule has 126 valence electrons. The van der Waals surface area contributed by atoms with Crippen LogP contribution in [0.1, 0.15) is 31.2 Å². The number of aryl methyl sites for hydroxylation is 1. The highest BCUT2D eigenvalue weighted by Crippen LogP contribution is 2.25. The fourth-order valence-corrected chi connectivity index (χ4v) is 4.20. The van der Waals surface area contributed by atoms with E-state index < -0.39 is 10.0 Å². The lowest BCUT2D eigenvalue weighted by Gasteiger charge is -2.26. The molecule has 3 rings (SSSR count). The Morgan fingerprint density at radius 2 is 1.91 bits per heavy atom. The molecule has 1 amide bonds. The van der Waals surface area contributed by atoms with E-state index in [-0.39, 0.29) is 10.8 Å². The molecular formula is C16H23N3O3S. The van der Waals surface area contributed by atoms with E-state index in [1.807, 2.05) is 0 Å². The monoisotopic (exact) mass is 337 g/mol. The molecule has 0 unspecified atom stereocenters. The van der Waals surface area contributed by atoms with Crippen molar-refractivity contribution in [3.05, 3.63) is 23.8 Å². The molecule has 2 N–H and O–H groups in total. The molecule has 1 aromatic carbocycles. The molecular weight excluding hydrogens is 314 g/mol. The summed E-state index contributed by atoms with van der Waals surface area (Å²) in [4.78, 5) is 13.9. The van der Waals surface area contributed by atoms with Crippen molar-refractivity contribution < 1.29 is 13.2 Å². The molecule has 2 heterocycles. The highest BCUT2D eigenvalue weighted by atomic mass is 32.2. The van der Waals surface area contributed by atoms with Gasteiger partial charge >= 0.3 is 0 Å². The number of sulfonamides is 1. The maximum atomic E-state index is 12.4. The van der Waals surface area contributed by atoms with Crippen molar-refractivity contribution in [2.45, 2.75) is 37.0 Å². The van der Waals surface area contributed by atoms with Gasteiger partial charge in [-0.15, -0.1) is 0 Å². The predicted octanol–water partition coefficient (Wildman–Crippen LogP) is 1.34. The van der Waals surface area contributed by atoms with E-state index in [4.69, 9.17) is 0 Å². The van der Waals surface area contributed by atoms with Crippen molar-refractivity contribution in [3.63, 3.8) is 0 Å². The quantitative estimate of drug-likeness (QED) is 0.850. The molecule has 23 heavy (non-hydrogen) atoms. The van der Waals surface area contributed by atoms with Gasteiger partial charge in [0.25, 0.3) is 0 Å². The van der Waals surface area contributed by atoms with Gasteiger partial charge in [0.2, 0.25) is 15.9 Å². The van der Waals surface area contributed by atoms with Gasteiger partial charge in [-0.05, 0) is 56.1 Å². The smallest absolute Gasteiger partial charge is 0.240 e. The highest BCUT2D eigenvalue weighted by Gasteiger charge is 2.20. The number of hydrogen-bond acceptors (Lipinski definition) is 4. The zero-order chi connectivity index (χ0) is 16.3. The van der Waals surface area contributed by atoms with E-state index in [9.17, 15) is 13.2 Å². The molecule has 1 aromatic rings. The van der Waals surface area contributed by atoms with E-state index in [1.54, 1.807) is 18.2 Å². The van der Waals surface area contributed by atoms with Crippen molar-refractivity contribution in [3.8, 4) is 0 Å². The summed E-state index contributed by atoms with van der Waals surface area (Å²) in [6.45, 7) is 3.29. The summed E-state index contributed by atoms with van der Waals surface area (Å²) in [5.74, 6) is -0.0206. The standard InChI is InChI=1S/C16H23N3O3S/c20-16-7-4-13-12-14(5-6-15(13)18-16)23(21,22)17-8-11-19-9-2-1-3-10-19/h5-6,12,17H,1-4,7-11H2,(H,18,20). The summed E-state index contributed by atoms with van der Waals surface area (Å²) in [6.07, 6.45) is 4.65. The highest BCUT2D eigenvalue weighted by molar-refractivity contribution is 7.89. The Hall–Kier alpha value is -1.44. The largest absolute Gasteiger partial charge is 0.326 e. The van der Waals surface area contributed by atoms with Crippen LogP contribution in [-0.2, 0) is 21.2 Å². The number of amides is 1. The average Bonchev–Trinajstić information content (AvgIpc) is 2.55. The van der Waals surface area contributed by atoms with Gasteiger partial charge in [-0.3, -0.25) is 4.79 Å². The minimum absolute atomic E-state index is 0.0206. The number of piperidine rings is 1. The molecule has 0 saturated carbocycles. The van der Waals surface area contributed by atoms with Gasteiger partial charge in [-0.2, -0.15) is 0 Å². The Bertz CT molecular complexity index is 682. The Labute approximate surface area is 137 Å². The molecule has 7 heteroatoms. The number of nitrogens with zero attached hydrogens (tertiary/aromatic N) is 1. The summed E-state index contributed by atoms with van der Waals surface area (Å²) in [6, 6.07) is 4.89. The number of likely N-dealkylation sites (tertiary alicyclic amines) is 1. The number of nitrogens with one attached hydrogen (secondary N) is 2. The van der Waals surface area contributed by atoms with Crippen LogP contribution in [0, 0.1) is 0 Å². The van der Waals surface area contributed by atoms with Crippen LogP contribution in [0.25, 0.3) is 0 Å². The van der Waals surface area contributed by atoms with Crippen molar-refractivity contribution in [2.24, 2.45) is 0 Å². The molecule has 0 bridgehead atoms. The third kappa shape index (κ3) is 4.10. The second-order valence-electron chi connectivity index (χ2n) is 6.17. The number of carbonyl (C=O) groups is 1. The maximum Gasteiger partial charge on any atom is 0.240 e. The normalized spacial score (nSPS) is 19.2. The summed E-state index contributed by atoms with van der Waals surface area (Å²) in [5, 5.41) is 2.76. The number of anilines is 1. The second kappa shape index (κ2) is 6.98. The lowest BCUT2D eigenvalue weighted by Crippen LogP contribution is -2.37. The van der Waals surface area contributed by atoms with Crippen molar-refractivity contribution >= 4 is 21.6 Å². The summed E-state index contributed by atoms with van der Waals surface area (Å²) < 4.78 is 27.5. The lowest BCUT2D eigenvalue weighted by atomic mass is 10.0. The number of rotatable bonds is 5. The summed E-state index contributed by atoms with van der Waals surface area (Å²) >= 11 is 0. The van der Waals surface area contributed by atoms with Crippen molar-refractivity contribution in [2.75, 3.05) is 31.5 Å². The number of benzene rings is 1. The first-order valence-corrected chi connectivity index (χ1v) is 9.68. The topological polar surface area (TPSA) is 78.5 Å². The van der Waals surface area contributed by atoms with Gasteiger partial charge in [-0.25, -0.2) is 13.1 Å². The molecule has 1 saturated heterocycles. The van der Waals surface area contributed by atoms with Crippen molar-refractivity contribution in [1.82, 2.24) is 9.62 Å². The van der Waals surface area contributed by atoms with Gasteiger partial charge in [0.1, 0.15) is 0 Å². The Morgan fingerprint density at radius 1 is 1.13 bits per heavy atom. The van der Waals surface area contributed by atoms with Crippen LogP contribution < -0.4 is 10.0 Å². The van der Waals surface area contributed by atoms with E-state index in [2.05, 4.69) is 14.9 Å². The third-order valence-electron chi connectivity index (χ3n) is 4.45. The van der Waals surface area contributed by atoms with Crippen LogP contribution in [0.15, 0.2) is 23.1 Å². The molecule has 0 spiro atoms. The lowest BCUT2D eigenvalue weighted by molar-refractivity contribution is -0.116. The van der Waals surface area contributed by atoms with E-state index in [1.165, 1.54) is 19.3 Å². The van der Waals surface area contributed by atoms with Gasteiger partial charge in [0.05, 0.1) is 4.90 Å². The molecule has 1 fully saturated rings. The summed E-state index contributed by atoms with van der Waals surface area (Å²) in [7, 11) is -3.50. The predicted molar refractivity (Wildman–Crippen MR) is 88.9 cm³/mol. The van der Waals surface area contributed by atoms with Gasteiger partial charge < -0.3 is 10.2 Å². The Kier molecular flexibility index (Phi) is 4.99. The van der Waals surface area contributed by atoms with Crippen LogP contribution in [-0.4, -0.2) is 45.4 Å². The van der Waals surface area contributed by atoms with E-state index >= 15 is 0 Å². The molecule has 0 aliphatic carbocycles. The molecule has 0 atom stereocenters. The van der Waals surface area contributed by atoms with Crippen LogP contribution >= 0.6 is 0 Å². The minimum atomic E-state index is -3.50. The number of hydrogen-bond donors (Lipinski definition) is 2. The number of carbonyl (C=O) groups excluding carboxylic acids is 1. The first-order valence-electron chi connectivity index (χ1n) is 8.19. The van der Waals surface area contributed by atoms with Gasteiger partial charge in [0.15, 0.2) is 0 Å². The van der Waals surface area contributed by atoms with Crippen LogP contribution in [0.2, 0.25) is 0 Å². The first-order chi connectivity index (χ1) is 11.0. The molecule has 6 nitrogen and oxygen atoms in total.